The molecule has 8 nitrogen and oxygen atoms in total. The van der Waals surface area contributed by atoms with Crippen LogP contribution in [0.4, 0.5) is 5.69 Å². The molecule has 1 N–H and O–H groups in total. The number of fused-ring (bicyclic) bond motifs is 3. The first-order valence-corrected chi connectivity index (χ1v) is 14.4. The van der Waals surface area contributed by atoms with Gasteiger partial charge < -0.3 is 19.5 Å². The monoisotopic (exact) mass is 546 g/mol. The van der Waals surface area contributed by atoms with Crippen molar-refractivity contribution in [2.24, 2.45) is 4.99 Å². The van der Waals surface area contributed by atoms with Crippen LogP contribution in [0, 0.1) is 0 Å². The SMILES string of the molecule is C=CC[C@@]12N=C(c3ccc(OCCCO)cc3)O[C@@H]1c1ccccc1N(CCS(=O)(=O)c1ccccc1)C2=O. The molecule has 3 aromatic rings. The van der Waals surface area contributed by atoms with Gasteiger partial charge in [0.1, 0.15) is 5.75 Å². The topological polar surface area (TPSA) is 106 Å². The van der Waals surface area contributed by atoms with Crippen molar-refractivity contribution in [1.82, 2.24) is 0 Å². The summed E-state index contributed by atoms with van der Waals surface area (Å²) in [6.07, 6.45) is 1.72. The number of rotatable bonds is 11. The summed E-state index contributed by atoms with van der Waals surface area (Å²) in [6, 6.07) is 22.8. The average molecular weight is 547 g/mol. The smallest absolute Gasteiger partial charge is 0.259 e. The molecule has 0 radical (unpaired) electrons. The van der Waals surface area contributed by atoms with Gasteiger partial charge in [-0.25, -0.2) is 13.4 Å². The third kappa shape index (κ3) is 5.07. The van der Waals surface area contributed by atoms with E-state index in [2.05, 4.69) is 6.58 Å². The summed E-state index contributed by atoms with van der Waals surface area (Å²) in [7, 11) is -3.61. The number of hydrogen-bond donors (Lipinski definition) is 1. The number of amides is 1. The number of anilines is 1. The molecule has 0 aromatic heterocycles. The third-order valence-electron chi connectivity index (χ3n) is 6.90. The molecule has 2 heterocycles. The van der Waals surface area contributed by atoms with Gasteiger partial charge in [-0.05, 0) is 42.5 Å². The molecular formula is C30H30N2O6S. The molecule has 0 spiro atoms. The Bertz CT molecular complexity index is 1490. The molecule has 5 rings (SSSR count). The largest absolute Gasteiger partial charge is 0.494 e. The van der Waals surface area contributed by atoms with E-state index in [9.17, 15) is 13.2 Å². The highest BCUT2D eigenvalue weighted by Gasteiger charge is 2.58. The minimum Gasteiger partial charge on any atom is -0.494 e. The van der Waals surface area contributed by atoms with Crippen LogP contribution in [0.1, 0.15) is 30.1 Å². The molecular weight excluding hydrogens is 516 g/mol. The van der Waals surface area contributed by atoms with Gasteiger partial charge in [-0.1, -0.05) is 42.5 Å². The Morgan fingerprint density at radius 1 is 1.05 bits per heavy atom. The van der Waals surface area contributed by atoms with Crippen LogP contribution in [0.25, 0.3) is 0 Å². The summed E-state index contributed by atoms with van der Waals surface area (Å²) >= 11 is 0. The summed E-state index contributed by atoms with van der Waals surface area (Å²) in [5.41, 5.74) is 0.752. The van der Waals surface area contributed by atoms with Gasteiger partial charge in [-0.3, -0.25) is 4.79 Å². The van der Waals surface area contributed by atoms with Gasteiger partial charge in [0.2, 0.25) is 5.90 Å². The van der Waals surface area contributed by atoms with Crippen molar-refractivity contribution < 1.29 is 27.8 Å². The Morgan fingerprint density at radius 3 is 2.49 bits per heavy atom. The molecule has 3 aromatic carbocycles. The Labute approximate surface area is 228 Å². The second-order valence-corrected chi connectivity index (χ2v) is 11.5. The lowest BCUT2D eigenvalue weighted by atomic mass is 9.80. The van der Waals surface area contributed by atoms with E-state index < -0.39 is 21.5 Å². The highest BCUT2D eigenvalue weighted by atomic mass is 32.2. The molecule has 2 aliphatic rings. The molecule has 39 heavy (non-hydrogen) atoms. The quantitative estimate of drug-likeness (QED) is 0.287. The molecule has 0 bridgehead atoms. The Kier molecular flexibility index (Phi) is 7.54. The minimum atomic E-state index is -3.61. The molecule has 0 unspecified atom stereocenters. The summed E-state index contributed by atoms with van der Waals surface area (Å²) in [5.74, 6) is 0.413. The zero-order valence-electron chi connectivity index (χ0n) is 21.4. The normalized spacial score (nSPS) is 20.0. The molecule has 0 fully saturated rings. The number of para-hydroxylation sites is 1. The average Bonchev–Trinajstić information content (AvgIpc) is 3.35. The third-order valence-corrected chi connectivity index (χ3v) is 8.61. The highest BCUT2D eigenvalue weighted by molar-refractivity contribution is 7.91. The second-order valence-electron chi connectivity index (χ2n) is 9.43. The zero-order valence-corrected chi connectivity index (χ0v) is 22.2. The predicted octanol–water partition coefficient (Wildman–Crippen LogP) is 4.10. The summed E-state index contributed by atoms with van der Waals surface area (Å²) in [5, 5.41) is 8.96. The predicted molar refractivity (Wildman–Crippen MR) is 149 cm³/mol. The molecule has 1 amide bonds. The van der Waals surface area contributed by atoms with Gasteiger partial charge >= 0.3 is 0 Å². The molecule has 9 heteroatoms. The fourth-order valence-corrected chi connectivity index (χ4v) is 6.20. The Balaban J connectivity index is 1.47. The number of nitrogens with zero attached hydrogens (tertiary/aromatic N) is 2. The van der Waals surface area contributed by atoms with Gasteiger partial charge in [0.25, 0.3) is 5.91 Å². The van der Waals surface area contributed by atoms with E-state index in [-0.39, 0.29) is 36.1 Å². The number of carbonyl (C=O) groups excluding carboxylic acids is 1. The number of sulfone groups is 1. The number of benzene rings is 3. The van der Waals surface area contributed by atoms with Crippen molar-refractivity contribution in [1.29, 1.82) is 0 Å². The van der Waals surface area contributed by atoms with Crippen molar-refractivity contribution in [3.63, 3.8) is 0 Å². The van der Waals surface area contributed by atoms with E-state index in [0.29, 0.717) is 35.9 Å². The van der Waals surface area contributed by atoms with Crippen LogP contribution in [-0.4, -0.2) is 56.4 Å². The molecule has 0 aliphatic carbocycles. The lowest BCUT2D eigenvalue weighted by molar-refractivity contribution is -0.126. The summed E-state index contributed by atoms with van der Waals surface area (Å²) in [4.78, 5) is 20.8. The van der Waals surface area contributed by atoms with E-state index in [1.165, 1.54) is 4.90 Å². The number of aliphatic hydroxyl groups excluding tert-OH is 1. The number of ether oxygens (including phenoxy) is 2. The van der Waals surface area contributed by atoms with Crippen molar-refractivity contribution in [3.05, 3.63) is 103 Å². The van der Waals surface area contributed by atoms with Crippen LogP contribution in [0.5, 0.6) is 5.75 Å². The number of aliphatic hydroxyl groups is 1. The first-order valence-electron chi connectivity index (χ1n) is 12.8. The van der Waals surface area contributed by atoms with Crippen LogP contribution < -0.4 is 9.64 Å². The first-order chi connectivity index (χ1) is 18.9. The van der Waals surface area contributed by atoms with Gasteiger partial charge in [0.05, 0.1) is 22.9 Å². The molecule has 0 saturated carbocycles. The van der Waals surface area contributed by atoms with E-state index in [0.717, 1.165) is 5.56 Å². The van der Waals surface area contributed by atoms with Crippen LogP contribution >= 0.6 is 0 Å². The summed E-state index contributed by atoms with van der Waals surface area (Å²) < 4.78 is 38.1. The second kappa shape index (κ2) is 11.0. The minimum absolute atomic E-state index is 0.0244. The highest BCUT2D eigenvalue weighted by Crippen LogP contribution is 2.50. The maximum atomic E-state index is 14.2. The molecule has 2 atom stereocenters. The van der Waals surface area contributed by atoms with Gasteiger partial charge in [-0.15, -0.1) is 6.58 Å². The van der Waals surface area contributed by atoms with Gasteiger partial charge in [-0.2, -0.15) is 0 Å². The van der Waals surface area contributed by atoms with Crippen molar-refractivity contribution >= 4 is 27.3 Å². The zero-order chi connectivity index (χ0) is 27.5. The van der Waals surface area contributed by atoms with Crippen LogP contribution in [0.2, 0.25) is 0 Å². The van der Waals surface area contributed by atoms with E-state index >= 15 is 0 Å². The maximum absolute atomic E-state index is 14.2. The molecule has 2 aliphatic heterocycles. The van der Waals surface area contributed by atoms with E-state index in [1.54, 1.807) is 54.6 Å². The lowest BCUT2D eigenvalue weighted by Gasteiger charge is -2.41. The van der Waals surface area contributed by atoms with Crippen LogP contribution in [-0.2, 0) is 19.4 Å². The van der Waals surface area contributed by atoms with Crippen molar-refractivity contribution in [2.75, 3.05) is 30.4 Å². The van der Waals surface area contributed by atoms with E-state index in [4.69, 9.17) is 19.6 Å². The first kappa shape index (κ1) is 26.6. The standard InChI is InChI=1S/C30H30N2O6S/c1-2-17-30-27(38-28(31-30)22-13-15-23(16-14-22)37-20-8-19-33)25-11-6-7-12-26(25)32(29(30)34)18-21-39(35,36)24-9-4-3-5-10-24/h2-7,9-16,27,33H,1,8,17-21H2/t27-,30-/m1/s1. The van der Waals surface area contributed by atoms with E-state index in [1.807, 2.05) is 30.3 Å². The van der Waals surface area contributed by atoms with Gasteiger partial charge in [0.15, 0.2) is 21.5 Å². The lowest BCUT2D eigenvalue weighted by Crippen LogP contribution is -2.55. The van der Waals surface area contributed by atoms with Crippen molar-refractivity contribution in [3.8, 4) is 5.75 Å². The summed E-state index contributed by atoms with van der Waals surface area (Å²) in [6.45, 7) is 4.30. The van der Waals surface area contributed by atoms with Gasteiger partial charge in [0, 0.05) is 37.1 Å². The number of hydrogen-bond acceptors (Lipinski definition) is 7. The molecule has 202 valence electrons. The Hall–Kier alpha value is -3.95. The molecule has 0 saturated heterocycles. The maximum Gasteiger partial charge on any atom is 0.259 e. The Morgan fingerprint density at radius 2 is 1.77 bits per heavy atom. The fraction of sp³-hybridized carbons (Fsp3) is 0.267. The van der Waals surface area contributed by atoms with Crippen molar-refractivity contribution in [2.45, 2.75) is 29.4 Å². The van der Waals surface area contributed by atoms with Crippen LogP contribution in [0.15, 0.2) is 101 Å². The number of carbonyl (C=O) groups is 1. The van der Waals surface area contributed by atoms with Crippen LogP contribution in [0.3, 0.4) is 0 Å². The number of aliphatic imine (C=N–C) groups is 1. The fourth-order valence-electron chi connectivity index (χ4n) is 4.97.